The molecule has 0 aliphatic rings. The summed E-state index contributed by atoms with van der Waals surface area (Å²) in [5.41, 5.74) is 0.491. The normalized spacial score (nSPS) is 13.6. The van der Waals surface area contributed by atoms with Gasteiger partial charge in [-0.05, 0) is 41.6 Å². The number of hydrogen-bond donors (Lipinski definition) is 1. The van der Waals surface area contributed by atoms with Crippen molar-refractivity contribution in [1.29, 1.82) is 0 Å². The summed E-state index contributed by atoms with van der Waals surface area (Å²) in [6.45, 7) is 1.87. The van der Waals surface area contributed by atoms with Crippen molar-refractivity contribution in [2.45, 2.75) is 19.2 Å². The van der Waals surface area contributed by atoms with E-state index < -0.39 is 17.8 Å². The summed E-state index contributed by atoms with van der Waals surface area (Å²) >= 11 is 1.49. The number of benzene rings is 1. The van der Waals surface area contributed by atoms with E-state index >= 15 is 0 Å². The summed E-state index contributed by atoms with van der Waals surface area (Å²) in [6, 6.07) is 6.37. The number of thiophene rings is 1. The molecule has 0 spiro atoms. The first-order valence-corrected chi connectivity index (χ1v) is 6.17. The topological polar surface area (TPSA) is 20.2 Å². The molecular formula is C13H11F3OS. The van der Waals surface area contributed by atoms with Gasteiger partial charge in [-0.1, -0.05) is 12.1 Å². The predicted octanol–water partition coefficient (Wildman–Crippen LogP) is 4.16. The van der Waals surface area contributed by atoms with Crippen LogP contribution in [0.5, 0.6) is 0 Å². The molecule has 18 heavy (non-hydrogen) atoms. The lowest BCUT2D eigenvalue weighted by Crippen LogP contribution is -2.06. The smallest absolute Gasteiger partial charge is 0.384 e. The first kappa shape index (κ1) is 13.1. The molecule has 1 aromatic carbocycles. The lowest BCUT2D eigenvalue weighted by atomic mass is 10.0. The van der Waals surface area contributed by atoms with Gasteiger partial charge >= 0.3 is 6.18 Å². The maximum absolute atomic E-state index is 12.4. The molecule has 0 amide bonds. The lowest BCUT2D eigenvalue weighted by molar-refractivity contribution is -0.137. The second-order valence-electron chi connectivity index (χ2n) is 3.95. The van der Waals surface area contributed by atoms with E-state index in [9.17, 15) is 18.3 Å². The first-order chi connectivity index (χ1) is 8.39. The average Bonchev–Trinajstić information content (AvgIpc) is 2.73. The molecular weight excluding hydrogens is 261 g/mol. The molecule has 0 fully saturated rings. The van der Waals surface area contributed by atoms with E-state index in [-0.39, 0.29) is 0 Å². The van der Waals surface area contributed by atoms with E-state index in [1.807, 2.05) is 12.3 Å². The van der Waals surface area contributed by atoms with E-state index in [1.54, 1.807) is 6.07 Å². The van der Waals surface area contributed by atoms with Crippen LogP contribution in [0.1, 0.15) is 27.7 Å². The minimum absolute atomic E-state index is 0.463. The van der Waals surface area contributed by atoms with Gasteiger partial charge in [0.2, 0.25) is 0 Å². The highest BCUT2D eigenvalue weighted by atomic mass is 32.1. The van der Waals surface area contributed by atoms with Crippen LogP contribution in [0.4, 0.5) is 13.2 Å². The van der Waals surface area contributed by atoms with Crippen molar-refractivity contribution >= 4 is 11.3 Å². The van der Waals surface area contributed by atoms with E-state index in [2.05, 4.69) is 0 Å². The Hall–Kier alpha value is -1.33. The third-order valence-corrected chi connectivity index (χ3v) is 3.61. The Morgan fingerprint density at radius 1 is 1.11 bits per heavy atom. The number of rotatable bonds is 2. The lowest BCUT2D eigenvalue weighted by Gasteiger charge is -2.12. The van der Waals surface area contributed by atoms with Crippen molar-refractivity contribution in [2.75, 3.05) is 0 Å². The minimum Gasteiger partial charge on any atom is -0.384 e. The number of alkyl halides is 3. The van der Waals surface area contributed by atoms with Crippen LogP contribution >= 0.6 is 11.3 Å². The van der Waals surface area contributed by atoms with Crippen molar-refractivity contribution < 1.29 is 18.3 Å². The highest BCUT2D eigenvalue weighted by Crippen LogP contribution is 2.32. The first-order valence-electron chi connectivity index (χ1n) is 5.29. The summed E-state index contributed by atoms with van der Waals surface area (Å²) < 4.78 is 37.2. The SMILES string of the molecule is Cc1sccc1C(O)c1ccc(C(F)(F)F)cc1. The van der Waals surface area contributed by atoms with Crippen LogP contribution in [0.2, 0.25) is 0 Å². The molecule has 0 radical (unpaired) electrons. The van der Waals surface area contributed by atoms with Crippen molar-refractivity contribution in [3.05, 3.63) is 57.3 Å². The molecule has 0 aliphatic carbocycles. The number of hydrogen-bond acceptors (Lipinski definition) is 2. The summed E-state index contributed by atoms with van der Waals surface area (Å²) in [4.78, 5) is 0.961. The van der Waals surface area contributed by atoms with Gasteiger partial charge in [-0.3, -0.25) is 0 Å². The molecule has 1 nitrogen and oxygen atoms in total. The zero-order valence-electron chi connectivity index (χ0n) is 9.53. The summed E-state index contributed by atoms with van der Waals surface area (Å²) in [5, 5.41) is 11.9. The third kappa shape index (κ3) is 2.57. The molecule has 0 saturated heterocycles. The molecule has 96 valence electrons. The fourth-order valence-electron chi connectivity index (χ4n) is 1.71. The largest absolute Gasteiger partial charge is 0.416 e. The van der Waals surface area contributed by atoms with Crippen LogP contribution < -0.4 is 0 Å². The molecule has 5 heteroatoms. The number of aliphatic hydroxyl groups excluding tert-OH is 1. The monoisotopic (exact) mass is 272 g/mol. The van der Waals surface area contributed by atoms with Gasteiger partial charge in [-0.2, -0.15) is 13.2 Å². The van der Waals surface area contributed by atoms with Gasteiger partial charge < -0.3 is 5.11 Å². The van der Waals surface area contributed by atoms with Crippen molar-refractivity contribution in [1.82, 2.24) is 0 Å². The van der Waals surface area contributed by atoms with Crippen LogP contribution in [0.25, 0.3) is 0 Å². The average molecular weight is 272 g/mol. The van der Waals surface area contributed by atoms with E-state index in [1.165, 1.54) is 23.5 Å². The fourth-order valence-corrected chi connectivity index (χ4v) is 2.45. The van der Waals surface area contributed by atoms with Crippen molar-refractivity contribution in [3.8, 4) is 0 Å². The van der Waals surface area contributed by atoms with Gasteiger partial charge in [0.25, 0.3) is 0 Å². The van der Waals surface area contributed by atoms with E-state index in [4.69, 9.17) is 0 Å². The number of halogens is 3. The van der Waals surface area contributed by atoms with Gasteiger partial charge in [0, 0.05) is 4.88 Å². The molecule has 1 atom stereocenters. The highest BCUT2D eigenvalue weighted by Gasteiger charge is 2.30. The van der Waals surface area contributed by atoms with Gasteiger partial charge in [0.1, 0.15) is 6.10 Å². The molecule has 0 aliphatic heterocycles. The van der Waals surface area contributed by atoms with Crippen LogP contribution in [-0.4, -0.2) is 5.11 Å². The van der Waals surface area contributed by atoms with Crippen LogP contribution in [0.3, 0.4) is 0 Å². The molecule has 0 bridgehead atoms. The van der Waals surface area contributed by atoms with Crippen LogP contribution in [0, 0.1) is 6.92 Å². The molecule has 1 unspecified atom stereocenters. The Morgan fingerprint density at radius 3 is 2.17 bits per heavy atom. The highest BCUT2D eigenvalue weighted by molar-refractivity contribution is 7.10. The van der Waals surface area contributed by atoms with Crippen molar-refractivity contribution in [3.63, 3.8) is 0 Å². The summed E-state index contributed by atoms with van der Waals surface area (Å²) in [5.74, 6) is 0. The van der Waals surface area contributed by atoms with Gasteiger partial charge in [0.05, 0.1) is 5.56 Å². The predicted molar refractivity (Wildman–Crippen MR) is 64.6 cm³/mol. The van der Waals surface area contributed by atoms with Gasteiger partial charge in [-0.25, -0.2) is 0 Å². The Kier molecular flexibility index (Phi) is 3.45. The third-order valence-electron chi connectivity index (χ3n) is 2.75. The van der Waals surface area contributed by atoms with Crippen LogP contribution in [-0.2, 0) is 6.18 Å². The van der Waals surface area contributed by atoms with Crippen molar-refractivity contribution in [2.24, 2.45) is 0 Å². The second-order valence-corrected chi connectivity index (χ2v) is 5.07. The summed E-state index contributed by atoms with van der Waals surface area (Å²) in [7, 11) is 0. The number of aliphatic hydroxyl groups is 1. The zero-order valence-corrected chi connectivity index (χ0v) is 10.3. The second kappa shape index (κ2) is 4.74. The quantitative estimate of drug-likeness (QED) is 0.870. The fraction of sp³-hybridized carbons (Fsp3) is 0.231. The molecule has 2 rings (SSSR count). The molecule has 1 N–H and O–H groups in total. The maximum atomic E-state index is 12.4. The number of aryl methyl sites for hydroxylation is 1. The van der Waals surface area contributed by atoms with Gasteiger partial charge in [-0.15, -0.1) is 11.3 Å². The zero-order chi connectivity index (χ0) is 13.3. The van der Waals surface area contributed by atoms with Crippen LogP contribution in [0.15, 0.2) is 35.7 Å². The Morgan fingerprint density at radius 2 is 1.72 bits per heavy atom. The Labute approximate surface area is 107 Å². The van der Waals surface area contributed by atoms with E-state index in [0.29, 0.717) is 5.56 Å². The Bertz CT molecular complexity index is 528. The molecule has 2 aromatic rings. The summed E-state index contributed by atoms with van der Waals surface area (Å²) in [6.07, 6.45) is -5.22. The Balaban J connectivity index is 2.28. The molecule has 0 saturated carbocycles. The molecule has 1 aromatic heterocycles. The van der Waals surface area contributed by atoms with E-state index in [0.717, 1.165) is 22.6 Å². The minimum atomic E-state index is -4.35. The van der Waals surface area contributed by atoms with Gasteiger partial charge in [0.15, 0.2) is 0 Å². The maximum Gasteiger partial charge on any atom is 0.416 e. The standard InChI is InChI=1S/C13H11F3OS/c1-8-11(6-7-18-8)12(17)9-2-4-10(5-3-9)13(14,15)16/h2-7,12,17H,1H3. The molecule has 1 heterocycles.